The van der Waals surface area contributed by atoms with E-state index in [1.807, 2.05) is 20.8 Å². The molecule has 0 unspecified atom stereocenters. The Balaban J connectivity index is 1.88. The van der Waals surface area contributed by atoms with Crippen molar-refractivity contribution in [3.8, 4) is 0 Å². The fourth-order valence-electron chi connectivity index (χ4n) is 4.09. The maximum atomic E-state index is 13.1. The Morgan fingerprint density at radius 1 is 1.17 bits per heavy atom. The Bertz CT molecular complexity index is 1020. The molecule has 0 bridgehead atoms. The predicted molar refractivity (Wildman–Crippen MR) is 135 cm³/mol. The van der Waals surface area contributed by atoms with Crippen molar-refractivity contribution >= 4 is 41.2 Å². The van der Waals surface area contributed by atoms with Crippen LogP contribution in [0.3, 0.4) is 0 Å². The minimum Gasteiger partial charge on any atom is -0.463 e. The average molecular weight is 526 g/mol. The highest BCUT2D eigenvalue weighted by Crippen LogP contribution is 2.36. The van der Waals surface area contributed by atoms with E-state index in [1.165, 1.54) is 4.90 Å². The molecule has 0 saturated carbocycles. The molecule has 9 nitrogen and oxygen atoms in total. The van der Waals surface area contributed by atoms with Crippen LogP contribution in [0.15, 0.2) is 29.5 Å². The smallest absolute Gasteiger partial charge is 0.338 e. The molecular weight excluding hydrogens is 493 g/mol. The summed E-state index contributed by atoms with van der Waals surface area (Å²) in [5, 5.41) is 6.64. The summed E-state index contributed by atoms with van der Waals surface area (Å²) >= 11 is 12.5. The molecule has 0 aliphatic carbocycles. The molecule has 0 spiro atoms. The van der Waals surface area contributed by atoms with Crippen LogP contribution in [0.25, 0.3) is 0 Å². The summed E-state index contributed by atoms with van der Waals surface area (Å²) in [6, 6.07) is 3.70. The van der Waals surface area contributed by atoms with E-state index in [0.717, 1.165) is 0 Å². The third-order valence-electron chi connectivity index (χ3n) is 5.86. The first-order valence-corrected chi connectivity index (χ1v) is 12.4. The summed E-state index contributed by atoms with van der Waals surface area (Å²) in [5.74, 6) is -0.520. The van der Waals surface area contributed by atoms with E-state index in [2.05, 4.69) is 15.5 Å². The van der Waals surface area contributed by atoms with Crippen LogP contribution in [0, 0.1) is 0 Å². The number of piperazine rings is 1. The highest BCUT2D eigenvalue weighted by Gasteiger charge is 2.38. The van der Waals surface area contributed by atoms with E-state index in [9.17, 15) is 14.4 Å². The molecule has 0 radical (unpaired) electrons. The van der Waals surface area contributed by atoms with Gasteiger partial charge in [-0.1, -0.05) is 29.3 Å². The van der Waals surface area contributed by atoms with E-state index in [0.29, 0.717) is 59.6 Å². The van der Waals surface area contributed by atoms with E-state index in [4.69, 9.17) is 27.9 Å². The quantitative estimate of drug-likeness (QED) is 0.572. The zero-order valence-electron chi connectivity index (χ0n) is 20.8. The van der Waals surface area contributed by atoms with Gasteiger partial charge < -0.3 is 20.3 Å². The topological polar surface area (TPSA) is 94.2 Å². The Morgan fingerprint density at radius 3 is 2.40 bits per heavy atom. The standard InChI is InChI=1S/C24H33Cl2N5O4/c1-6-35-21(32)19-18(14-30-9-11-31(12-10-30)23(34)28-24(2,3)4)29(5)22(33)27-20(19)16-8-7-15(25)13-17(16)26/h7-8,13,20H,6,9-12,14H2,1-5H3,(H,27,33)(H,28,34)/t20-/m1/s1. The van der Waals surface area contributed by atoms with Crippen molar-refractivity contribution < 1.29 is 19.1 Å². The highest BCUT2D eigenvalue weighted by molar-refractivity contribution is 6.35. The van der Waals surface area contributed by atoms with Gasteiger partial charge in [-0.15, -0.1) is 0 Å². The normalized spacial score (nSPS) is 19.5. The molecule has 11 heteroatoms. The number of esters is 1. The number of carbonyl (C=O) groups is 3. The van der Waals surface area contributed by atoms with Crippen molar-refractivity contribution in [1.29, 1.82) is 0 Å². The molecule has 2 aliphatic rings. The van der Waals surface area contributed by atoms with Crippen molar-refractivity contribution in [2.45, 2.75) is 39.3 Å². The van der Waals surface area contributed by atoms with Crippen LogP contribution in [0.4, 0.5) is 9.59 Å². The number of ether oxygens (including phenoxy) is 1. The van der Waals surface area contributed by atoms with E-state index >= 15 is 0 Å². The summed E-state index contributed by atoms with van der Waals surface area (Å²) in [4.78, 5) is 43.9. The lowest BCUT2D eigenvalue weighted by atomic mass is 9.94. The molecule has 0 aromatic heterocycles. The SMILES string of the molecule is CCOC(=O)C1=C(CN2CCN(C(=O)NC(C)(C)C)CC2)N(C)C(=O)N[C@@H]1c1ccc(Cl)cc1Cl. The number of likely N-dealkylation sites (N-methyl/N-ethyl adjacent to an activating group) is 1. The van der Waals surface area contributed by atoms with Crippen molar-refractivity contribution in [2.24, 2.45) is 0 Å². The van der Waals surface area contributed by atoms with Gasteiger partial charge >= 0.3 is 18.0 Å². The molecule has 2 aliphatic heterocycles. The number of benzene rings is 1. The fourth-order valence-corrected chi connectivity index (χ4v) is 4.61. The van der Waals surface area contributed by atoms with Crippen LogP contribution in [0.5, 0.6) is 0 Å². The molecule has 1 saturated heterocycles. The lowest BCUT2D eigenvalue weighted by Gasteiger charge is -2.40. The molecule has 192 valence electrons. The Kier molecular flexibility index (Phi) is 8.56. The van der Waals surface area contributed by atoms with Gasteiger partial charge in [0.15, 0.2) is 0 Å². The number of halogens is 2. The van der Waals surface area contributed by atoms with Gasteiger partial charge in [-0.05, 0) is 45.4 Å². The minimum absolute atomic E-state index is 0.102. The first-order chi connectivity index (χ1) is 16.4. The molecule has 3 rings (SSSR count). The summed E-state index contributed by atoms with van der Waals surface area (Å²) in [7, 11) is 1.62. The Hall–Kier alpha value is -2.49. The molecule has 1 fully saturated rings. The lowest BCUT2D eigenvalue weighted by Crippen LogP contribution is -2.56. The predicted octanol–water partition coefficient (Wildman–Crippen LogP) is 3.63. The molecule has 2 N–H and O–H groups in total. The van der Waals surface area contributed by atoms with Crippen molar-refractivity contribution in [2.75, 3.05) is 46.4 Å². The van der Waals surface area contributed by atoms with Crippen molar-refractivity contribution in [3.05, 3.63) is 45.1 Å². The summed E-state index contributed by atoms with van der Waals surface area (Å²) in [6.45, 7) is 10.4. The maximum Gasteiger partial charge on any atom is 0.338 e. The van der Waals surface area contributed by atoms with Gasteiger partial charge in [0.05, 0.1) is 18.2 Å². The third kappa shape index (κ3) is 6.59. The van der Waals surface area contributed by atoms with Crippen LogP contribution in [-0.2, 0) is 9.53 Å². The summed E-state index contributed by atoms with van der Waals surface area (Å²) < 4.78 is 5.37. The number of urea groups is 2. The monoisotopic (exact) mass is 525 g/mol. The molecule has 2 heterocycles. The summed E-state index contributed by atoms with van der Waals surface area (Å²) in [5.41, 5.74) is 1.10. The van der Waals surface area contributed by atoms with Gasteiger partial charge in [0, 0.05) is 61.1 Å². The molecule has 4 amide bonds. The van der Waals surface area contributed by atoms with E-state index < -0.39 is 12.0 Å². The number of carbonyl (C=O) groups excluding carboxylic acids is 3. The third-order valence-corrected chi connectivity index (χ3v) is 6.42. The van der Waals surface area contributed by atoms with E-state index in [-0.39, 0.29) is 24.2 Å². The van der Waals surface area contributed by atoms with Crippen LogP contribution < -0.4 is 10.6 Å². The first-order valence-electron chi connectivity index (χ1n) is 11.6. The largest absolute Gasteiger partial charge is 0.463 e. The number of rotatable bonds is 5. The zero-order valence-corrected chi connectivity index (χ0v) is 22.3. The number of amides is 4. The first kappa shape index (κ1) is 27.1. The summed E-state index contributed by atoms with van der Waals surface area (Å²) in [6.07, 6.45) is 0. The molecule has 35 heavy (non-hydrogen) atoms. The lowest BCUT2D eigenvalue weighted by molar-refractivity contribution is -0.139. The van der Waals surface area contributed by atoms with Crippen LogP contribution in [0.1, 0.15) is 39.3 Å². The molecule has 1 atom stereocenters. The number of hydrogen-bond donors (Lipinski definition) is 2. The van der Waals surface area contributed by atoms with Crippen LogP contribution in [-0.4, -0.2) is 84.6 Å². The van der Waals surface area contributed by atoms with Crippen molar-refractivity contribution in [3.63, 3.8) is 0 Å². The number of nitrogens with one attached hydrogen (secondary N) is 2. The van der Waals surface area contributed by atoms with Gasteiger partial charge in [-0.2, -0.15) is 0 Å². The maximum absolute atomic E-state index is 13.1. The second-order valence-corrected chi connectivity index (χ2v) is 10.5. The highest BCUT2D eigenvalue weighted by atomic mass is 35.5. The Morgan fingerprint density at radius 2 is 1.83 bits per heavy atom. The fraction of sp³-hybridized carbons (Fsp3) is 0.542. The molecular formula is C24H33Cl2N5O4. The molecule has 1 aromatic rings. The second-order valence-electron chi connectivity index (χ2n) is 9.63. The van der Waals surface area contributed by atoms with Gasteiger partial charge in [-0.3, -0.25) is 9.80 Å². The van der Waals surface area contributed by atoms with Gasteiger partial charge in [0.2, 0.25) is 0 Å². The van der Waals surface area contributed by atoms with Crippen LogP contribution in [0.2, 0.25) is 10.0 Å². The van der Waals surface area contributed by atoms with Gasteiger partial charge in [0.1, 0.15) is 0 Å². The molecule has 1 aromatic carbocycles. The van der Waals surface area contributed by atoms with Gasteiger partial charge in [0.25, 0.3) is 0 Å². The van der Waals surface area contributed by atoms with Crippen molar-refractivity contribution in [1.82, 2.24) is 25.3 Å². The Labute approximate surface area is 216 Å². The van der Waals surface area contributed by atoms with Gasteiger partial charge in [-0.25, -0.2) is 14.4 Å². The van der Waals surface area contributed by atoms with Crippen LogP contribution >= 0.6 is 23.2 Å². The zero-order chi connectivity index (χ0) is 25.9. The van der Waals surface area contributed by atoms with E-state index in [1.54, 1.807) is 37.1 Å². The number of nitrogens with zero attached hydrogens (tertiary/aromatic N) is 3. The minimum atomic E-state index is -0.781. The second kappa shape index (κ2) is 11.1. The average Bonchev–Trinajstić information content (AvgIpc) is 2.76. The number of hydrogen-bond acceptors (Lipinski definition) is 5.